The van der Waals surface area contributed by atoms with Gasteiger partial charge in [-0.2, -0.15) is 0 Å². The van der Waals surface area contributed by atoms with Crippen LogP contribution in [0.2, 0.25) is 0 Å². The molecule has 8 heteroatoms. The summed E-state index contributed by atoms with van der Waals surface area (Å²) in [5, 5.41) is 5.05. The normalized spacial score (nSPS) is 12.1. The van der Waals surface area contributed by atoms with Gasteiger partial charge in [-0.1, -0.05) is 6.58 Å². The summed E-state index contributed by atoms with van der Waals surface area (Å²) in [6.07, 6.45) is 4.29. The summed E-state index contributed by atoms with van der Waals surface area (Å²) in [5.41, 5.74) is -0.533. The van der Waals surface area contributed by atoms with Gasteiger partial charge >= 0.3 is 5.97 Å². The molecular formula is C14H20N4O4. The zero-order valence-corrected chi connectivity index (χ0v) is 12.8. The molecule has 1 heterocycles. The molecule has 0 aliphatic heterocycles. The maximum Gasteiger partial charge on any atom is 0.328 e. The number of methoxy groups -OCH3 is 1. The van der Waals surface area contributed by atoms with Gasteiger partial charge in [0, 0.05) is 18.3 Å². The van der Waals surface area contributed by atoms with Crippen molar-refractivity contribution in [3.8, 4) is 0 Å². The Balaban J connectivity index is 2.79. The largest absolute Gasteiger partial charge is 0.467 e. The maximum atomic E-state index is 12.3. The molecule has 8 nitrogen and oxygen atoms in total. The van der Waals surface area contributed by atoms with E-state index in [0.717, 1.165) is 6.08 Å². The molecule has 0 spiro atoms. The van der Waals surface area contributed by atoms with Crippen molar-refractivity contribution in [2.75, 3.05) is 7.11 Å². The van der Waals surface area contributed by atoms with Crippen molar-refractivity contribution in [1.82, 2.24) is 20.6 Å². The van der Waals surface area contributed by atoms with E-state index in [2.05, 4.69) is 31.9 Å². The molecular weight excluding hydrogens is 288 g/mol. The average Bonchev–Trinajstić information content (AvgIpc) is 2.97. The lowest BCUT2D eigenvalue weighted by molar-refractivity contribution is -0.145. The number of hydrogen-bond acceptors (Lipinski definition) is 5. The van der Waals surface area contributed by atoms with Gasteiger partial charge in [0.05, 0.1) is 13.4 Å². The van der Waals surface area contributed by atoms with Crippen molar-refractivity contribution in [1.29, 1.82) is 0 Å². The standard InChI is InChI=1S/C14H20N4O4/c1-5-11(19)18-14(2,3)13(21)17-10(12(20)22-4)6-9-7-15-8-16-9/h5,7-8,10H,1,6H2,2-4H3,(H,15,16)(H,17,21)(H,18,19). The smallest absolute Gasteiger partial charge is 0.328 e. The van der Waals surface area contributed by atoms with Crippen molar-refractivity contribution in [3.05, 3.63) is 30.9 Å². The van der Waals surface area contributed by atoms with Crippen LogP contribution in [0.5, 0.6) is 0 Å². The zero-order valence-electron chi connectivity index (χ0n) is 12.8. The summed E-state index contributed by atoms with van der Waals surface area (Å²) in [6, 6.07) is -0.891. The Labute approximate surface area is 128 Å². The minimum absolute atomic E-state index is 0.198. The highest BCUT2D eigenvalue weighted by Gasteiger charge is 2.32. The fourth-order valence-electron chi connectivity index (χ4n) is 1.71. The number of nitrogens with one attached hydrogen (secondary N) is 3. The molecule has 0 fully saturated rings. The van der Waals surface area contributed by atoms with E-state index in [4.69, 9.17) is 0 Å². The van der Waals surface area contributed by atoms with E-state index in [1.54, 1.807) is 6.20 Å². The molecule has 1 rings (SSSR count). The minimum atomic E-state index is -1.20. The van der Waals surface area contributed by atoms with Gasteiger partial charge in [-0.05, 0) is 19.9 Å². The number of esters is 1. The second-order valence-electron chi connectivity index (χ2n) is 5.15. The second-order valence-corrected chi connectivity index (χ2v) is 5.15. The molecule has 0 aliphatic carbocycles. The quantitative estimate of drug-likeness (QED) is 0.472. The Bertz CT molecular complexity index is 551. The second kappa shape index (κ2) is 7.39. The highest BCUT2D eigenvalue weighted by Crippen LogP contribution is 2.06. The number of nitrogens with zero attached hydrogens (tertiary/aromatic N) is 1. The summed E-state index contributed by atoms with van der Waals surface area (Å²) in [6.45, 7) is 6.37. The zero-order chi connectivity index (χ0) is 16.8. The number of imidazole rings is 1. The fraction of sp³-hybridized carbons (Fsp3) is 0.429. The third-order valence-corrected chi connectivity index (χ3v) is 2.96. The van der Waals surface area contributed by atoms with Crippen LogP contribution in [-0.4, -0.2) is 46.4 Å². The first-order valence-electron chi connectivity index (χ1n) is 6.60. The summed E-state index contributed by atoms with van der Waals surface area (Å²) in [7, 11) is 1.24. The van der Waals surface area contributed by atoms with Crippen molar-refractivity contribution in [2.24, 2.45) is 0 Å². The molecule has 2 amide bonds. The van der Waals surface area contributed by atoms with E-state index in [-0.39, 0.29) is 6.42 Å². The van der Waals surface area contributed by atoms with Crippen LogP contribution >= 0.6 is 0 Å². The Morgan fingerprint density at radius 2 is 2.18 bits per heavy atom. The monoisotopic (exact) mass is 308 g/mol. The molecule has 0 saturated carbocycles. The molecule has 0 radical (unpaired) electrons. The van der Waals surface area contributed by atoms with Crippen LogP contribution in [0.25, 0.3) is 0 Å². The lowest BCUT2D eigenvalue weighted by Crippen LogP contribution is -2.58. The van der Waals surface area contributed by atoms with Gasteiger partial charge in [0.15, 0.2) is 0 Å². The van der Waals surface area contributed by atoms with Gasteiger partial charge in [0.1, 0.15) is 11.6 Å². The van der Waals surface area contributed by atoms with Crippen LogP contribution in [0.4, 0.5) is 0 Å². The van der Waals surface area contributed by atoms with E-state index in [1.807, 2.05) is 0 Å². The SMILES string of the molecule is C=CC(=O)NC(C)(C)C(=O)NC(Cc1cnc[nH]1)C(=O)OC. The molecule has 0 saturated heterocycles. The number of hydrogen-bond donors (Lipinski definition) is 3. The topological polar surface area (TPSA) is 113 Å². The number of H-pyrrole nitrogens is 1. The van der Waals surface area contributed by atoms with Crippen molar-refractivity contribution in [3.63, 3.8) is 0 Å². The molecule has 0 bridgehead atoms. The molecule has 0 aliphatic rings. The number of carbonyl (C=O) groups is 3. The summed E-state index contributed by atoms with van der Waals surface area (Å²) in [5.74, 6) is -1.59. The van der Waals surface area contributed by atoms with Crippen LogP contribution in [0.1, 0.15) is 19.5 Å². The van der Waals surface area contributed by atoms with Gasteiger partial charge in [0.2, 0.25) is 11.8 Å². The Morgan fingerprint density at radius 3 is 2.68 bits per heavy atom. The lowest BCUT2D eigenvalue weighted by atomic mass is 10.0. The maximum absolute atomic E-state index is 12.3. The molecule has 120 valence electrons. The predicted molar refractivity (Wildman–Crippen MR) is 78.7 cm³/mol. The van der Waals surface area contributed by atoms with Crippen LogP contribution in [0.3, 0.4) is 0 Å². The highest BCUT2D eigenvalue weighted by atomic mass is 16.5. The van der Waals surface area contributed by atoms with E-state index in [9.17, 15) is 14.4 Å². The number of aromatic nitrogens is 2. The van der Waals surface area contributed by atoms with E-state index < -0.39 is 29.4 Å². The molecule has 1 atom stereocenters. The third-order valence-electron chi connectivity index (χ3n) is 2.96. The van der Waals surface area contributed by atoms with Crippen molar-refractivity contribution in [2.45, 2.75) is 31.8 Å². The van der Waals surface area contributed by atoms with E-state index in [0.29, 0.717) is 5.69 Å². The fourth-order valence-corrected chi connectivity index (χ4v) is 1.71. The molecule has 1 aromatic rings. The number of amides is 2. The van der Waals surface area contributed by atoms with Crippen molar-refractivity contribution < 1.29 is 19.1 Å². The first kappa shape index (κ1) is 17.4. The van der Waals surface area contributed by atoms with Crippen LogP contribution in [0.15, 0.2) is 25.2 Å². The Kier molecular flexibility index (Phi) is 5.85. The van der Waals surface area contributed by atoms with Gasteiger partial charge in [-0.3, -0.25) is 9.59 Å². The Morgan fingerprint density at radius 1 is 1.50 bits per heavy atom. The van der Waals surface area contributed by atoms with E-state index in [1.165, 1.54) is 27.3 Å². The minimum Gasteiger partial charge on any atom is -0.467 e. The predicted octanol–water partition coefficient (Wildman–Crippen LogP) is -0.309. The Hall–Kier alpha value is -2.64. The van der Waals surface area contributed by atoms with Crippen molar-refractivity contribution >= 4 is 17.8 Å². The van der Waals surface area contributed by atoms with Gasteiger partial charge in [0.25, 0.3) is 0 Å². The molecule has 0 aromatic carbocycles. The molecule has 1 unspecified atom stereocenters. The highest BCUT2D eigenvalue weighted by molar-refractivity contribution is 5.96. The molecule has 3 N–H and O–H groups in total. The first-order valence-corrected chi connectivity index (χ1v) is 6.60. The molecule has 22 heavy (non-hydrogen) atoms. The summed E-state index contributed by atoms with van der Waals surface area (Å²) >= 11 is 0. The van der Waals surface area contributed by atoms with Gasteiger partial charge < -0.3 is 20.4 Å². The van der Waals surface area contributed by atoms with Gasteiger partial charge in [-0.15, -0.1) is 0 Å². The molecule has 1 aromatic heterocycles. The average molecular weight is 308 g/mol. The number of ether oxygens (including phenoxy) is 1. The first-order chi connectivity index (χ1) is 10.3. The van der Waals surface area contributed by atoms with E-state index >= 15 is 0 Å². The van der Waals surface area contributed by atoms with Crippen LogP contribution < -0.4 is 10.6 Å². The summed E-state index contributed by atoms with van der Waals surface area (Å²) < 4.78 is 4.69. The van der Waals surface area contributed by atoms with Crippen LogP contribution in [0, 0.1) is 0 Å². The number of carbonyl (C=O) groups excluding carboxylic acids is 3. The third kappa shape index (κ3) is 4.72. The van der Waals surface area contributed by atoms with Crippen LogP contribution in [-0.2, 0) is 25.5 Å². The number of rotatable bonds is 7. The summed E-state index contributed by atoms with van der Waals surface area (Å²) in [4.78, 5) is 42.1. The lowest BCUT2D eigenvalue weighted by Gasteiger charge is -2.27. The number of aromatic amines is 1. The van der Waals surface area contributed by atoms with Gasteiger partial charge in [-0.25, -0.2) is 9.78 Å².